The molecule has 0 bridgehead atoms. The van der Waals surface area contributed by atoms with E-state index in [1.807, 2.05) is 0 Å². The topological polar surface area (TPSA) is 12.0 Å². The molecule has 1 heteroatoms. The molecule has 0 aromatic rings. The summed E-state index contributed by atoms with van der Waals surface area (Å²) in [4.78, 5) is 0. The molecule has 0 amide bonds. The van der Waals surface area contributed by atoms with Crippen molar-refractivity contribution in [3.8, 4) is 0 Å². The van der Waals surface area contributed by atoms with Crippen LogP contribution >= 0.6 is 0 Å². The van der Waals surface area contributed by atoms with E-state index >= 15 is 0 Å². The summed E-state index contributed by atoms with van der Waals surface area (Å²) >= 11 is 0. The molecule has 0 aliphatic carbocycles. The van der Waals surface area contributed by atoms with Gasteiger partial charge >= 0.3 is 0 Å². The molecule has 0 aromatic heterocycles. The van der Waals surface area contributed by atoms with Gasteiger partial charge in [0.15, 0.2) is 0 Å². The lowest BCUT2D eigenvalue weighted by Crippen LogP contribution is -2.13. The molecule has 0 radical (unpaired) electrons. The summed E-state index contributed by atoms with van der Waals surface area (Å²) in [5.41, 5.74) is 1.21. The zero-order valence-corrected chi connectivity index (χ0v) is 10.1. The van der Waals surface area contributed by atoms with E-state index < -0.39 is 0 Å². The molecule has 0 atom stereocenters. The van der Waals surface area contributed by atoms with Crippen molar-refractivity contribution in [3.63, 3.8) is 0 Å². The Morgan fingerprint density at radius 3 is 2.21 bits per heavy atom. The Balaban J connectivity index is 3.01. The molecule has 1 N–H and O–H groups in total. The summed E-state index contributed by atoms with van der Waals surface area (Å²) in [6.07, 6.45) is 10.5. The quantitative estimate of drug-likeness (QED) is 0.516. The van der Waals surface area contributed by atoms with Gasteiger partial charge in [-0.2, -0.15) is 0 Å². The summed E-state index contributed by atoms with van der Waals surface area (Å²) < 4.78 is 0. The smallest absolute Gasteiger partial charge is 0.0143 e. The molecule has 0 fully saturated rings. The molecule has 1 nitrogen and oxygen atoms in total. The largest absolute Gasteiger partial charge is 0.389 e. The van der Waals surface area contributed by atoms with Gasteiger partial charge in [-0.05, 0) is 12.8 Å². The molecular weight excluding hydrogens is 170 g/mol. The van der Waals surface area contributed by atoms with Crippen LogP contribution in [0.25, 0.3) is 0 Å². The van der Waals surface area contributed by atoms with Crippen LogP contribution in [0.2, 0.25) is 0 Å². The first-order valence-corrected chi connectivity index (χ1v) is 6.22. The van der Waals surface area contributed by atoms with E-state index in [0.717, 1.165) is 13.0 Å². The highest BCUT2D eigenvalue weighted by atomic mass is 14.9. The normalized spacial score (nSPS) is 10.1. The molecule has 0 aliphatic heterocycles. The number of nitrogens with one attached hydrogen (secondary N) is 1. The van der Waals surface area contributed by atoms with Gasteiger partial charge in [0.25, 0.3) is 0 Å². The van der Waals surface area contributed by atoms with Gasteiger partial charge in [-0.15, -0.1) is 0 Å². The average molecular weight is 197 g/mol. The van der Waals surface area contributed by atoms with E-state index in [0.29, 0.717) is 0 Å². The Morgan fingerprint density at radius 1 is 0.929 bits per heavy atom. The third kappa shape index (κ3) is 9.63. The van der Waals surface area contributed by atoms with Crippen molar-refractivity contribution in [3.05, 3.63) is 12.3 Å². The van der Waals surface area contributed by atoms with Crippen LogP contribution in [-0.4, -0.2) is 6.54 Å². The van der Waals surface area contributed by atoms with Crippen LogP contribution in [-0.2, 0) is 0 Å². The van der Waals surface area contributed by atoms with Crippen molar-refractivity contribution >= 4 is 0 Å². The fraction of sp³-hybridized carbons (Fsp3) is 0.846. The Kier molecular flexibility index (Phi) is 10.3. The van der Waals surface area contributed by atoms with Gasteiger partial charge in [-0.3, -0.25) is 0 Å². The summed E-state index contributed by atoms with van der Waals surface area (Å²) in [5, 5.41) is 3.38. The Morgan fingerprint density at radius 2 is 1.57 bits per heavy atom. The third-order valence-corrected chi connectivity index (χ3v) is 2.46. The van der Waals surface area contributed by atoms with Gasteiger partial charge in [0, 0.05) is 12.2 Å². The maximum Gasteiger partial charge on any atom is 0.0143 e. The van der Waals surface area contributed by atoms with Crippen LogP contribution in [0.4, 0.5) is 0 Å². The van der Waals surface area contributed by atoms with Gasteiger partial charge in [0.05, 0.1) is 0 Å². The van der Waals surface area contributed by atoms with Crippen molar-refractivity contribution in [1.29, 1.82) is 0 Å². The number of hydrogen-bond donors (Lipinski definition) is 1. The lowest BCUT2D eigenvalue weighted by atomic mass is 10.1. The predicted molar refractivity (Wildman–Crippen MR) is 65.4 cm³/mol. The fourth-order valence-electron chi connectivity index (χ4n) is 1.56. The van der Waals surface area contributed by atoms with Crippen LogP contribution in [0, 0.1) is 0 Å². The molecule has 0 heterocycles. The van der Waals surface area contributed by atoms with Gasteiger partial charge in [0.2, 0.25) is 0 Å². The second-order valence-electron chi connectivity index (χ2n) is 4.05. The van der Waals surface area contributed by atoms with Crippen molar-refractivity contribution < 1.29 is 0 Å². The van der Waals surface area contributed by atoms with Crippen LogP contribution in [0.15, 0.2) is 12.3 Å². The van der Waals surface area contributed by atoms with Crippen LogP contribution in [0.5, 0.6) is 0 Å². The van der Waals surface area contributed by atoms with E-state index in [9.17, 15) is 0 Å². The molecular formula is C13H27N. The van der Waals surface area contributed by atoms with Crippen LogP contribution in [0.3, 0.4) is 0 Å². The minimum absolute atomic E-state index is 1.12. The molecule has 0 unspecified atom stereocenters. The number of allylic oxidation sites excluding steroid dienone is 1. The summed E-state index contributed by atoms with van der Waals surface area (Å²) in [5.74, 6) is 0. The predicted octanol–water partition coefficient (Wildman–Crippen LogP) is 4.25. The second kappa shape index (κ2) is 10.6. The van der Waals surface area contributed by atoms with Crippen molar-refractivity contribution in [2.24, 2.45) is 0 Å². The molecule has 0 rings (SSSR count). The second-order valence-corrected chi connectivity index (χ2v) is 4.05. The Hall–Kier alpha value is -0.460. The Bertz CT molecular complexity index is 129. The molecule has 0 saturated heterocycles. The Labute approximate surface area is 90.0 Å². The van der Waals surface area contributed by atoms with E-state index in [2.05, 4.69) is 25.7 Å². The van der Waals surface area contributed by atoms with Gasteiger partial charge in [-0.25, -0.2) is 0 Å². The van der Waals surface area contributed by atoms with E-state index in [1.165, 1.54) is 50.6 Å². The van der Waals surface area contributed by atoms with Crippen LogP contribution in [0.1, 0.15) is 65.2 Å². The van der Waals surface area contributed by atoms with Crippen molar-refractivity contribution in [1.82, 2.24) is 5.32 Å². The molecule has 14 heavy (non-hydrogen) atoms. The highest BCUT2D eigenvalue weighted by Crippen LogP contribution is 2.04. The molecule has 0 aromatic carbocycles. The highest BCUT2D eigenvalue weighted by Gasteiger charge is 1.92. The average Bonchev–Trinajstić information content (AvgIpc) is 2.17. The monoisotopic (exact) mass is 197 g/mol. The van der Waals surface area contributed by atoms with E-state index in [1.54, 1.807) is 0 Å². The van der Waals surface area contributed by atoms with Gasteiger partial charge in [0.1, 0.15) is 0 Å². The molecule has 0 saturated carbocycles. The molecule has 0 aliphatic rings. The summed E-state index contributed by atoms with van der Waals surface area (Å²) in [6, 6.07) is 0. The first-order valence-electron chi connectivity index (χ1n) is 6.22. The maximum absolute atomic E-state index is 3.98. The number of hydrogen-bond acceptors (Lipinski definition) is 1. The number of unbranched alkanes of at least 4 members (excludes halogenated alkanes) is 5. The zero-order valence-electron chi connectivity index (χ0n) is 10.1. The SMILES string of the molecule is C=C(CCC)NCCCCCCCC. The lowest BCUT2D eigenvalue weighted by molar-refractivity contribution is 0.588. The van der Waals surface area contributed by atoms with Crippen LogP contribution < -0.4 is 5.32 Å². The van der Waals surface area contributed by atoms with Gasteiger partial charge < -0.3 is 5.32 Å². The lowest BCUT2D eigenvalue weighted by Gasteiger charge is -2.07. The van der Waals surface area contributed by atoms with Crippen molar-refractivity contribution in [2.45, 2.75) is 65.2 Å². The zero-order chi connectivity index (χ0) is 10.6. The minimum Gasteiger partial charge on any atom is -0.389 e. The summed E-state index contributed by atoms with van der Waals surface area (Å²) in [7, 11) is 0. The first-order chi connectivity index (χ1) is 6.81. The third-order valence-electron chi connectivity index (χ3n) is 2.46. The van der Waals surface area contributed by atoms with E-state index in [4.69, 9.17) is 0 Å². The van der Waals surface area contributed by atoms with Gasteiger partial charge in [-0.1, -0.05) is 59.0 Å². The standard InChI is InChI=1S/C13H27N/c1-4-6-7-8-9-10-12-14-13(3)11-5-2/h14H,3-12H2,1-2H3. The molecule has 84 valence electrons. The first kappa shape index (κ1) is 13.5. The maximum atomic E-state index is 3.98. The summed E-state index contributed by atoms with van der Waals surface area (Å²) in [6.45, 7) is 9.55. The van der Waals surface area contributed by atoms with E-state index in [-0.39, 0.29) is 0 Å². The molecule has 0 spiro atoms. The highest BCUT2D eigenvalue weighted by molar-refractivity contribution is 4.89. The fourth-order valence-corrected chi connectivity index (χ4v) is 1.56. The van der Waals surface area contributed by atoms with Crippen molar-refractivity contribution in [2.75, 3.05) is 6.54 Å². The number of rotatable bonds is 10. The minimum atomic E-state index is 1.12.